The molecule has 8 heteroatoms. The van der Waals surface area contributed by atoms with Gasteiger partial charge in [0.15, 0.2) is 10.6 Å². The van der Waals surface area contributed by atoms with Crippen LogP contribution in [0.15, 0.2) is 42.6 Å². The first-order chi connectivity index (χ1) is 12.6. The molecule has 2 N–H and O–H groups in total. The minimum Gasteiger partial charge on any atom is -0.494 e. The van der Waals surface area contributed by atoms with E-state index in [9.17, 15) is 4.79 Å². The SMILES string of the molecule is CCOc1ccc(-c2n[nH]c(=S)n2CC(=O)Nc2cc(C)ccn2)cc1. The largest absolute Gasteiger partial charge is 0.494 e. The molecule has 0 aliphatic rings. The summed E-state index contributed by atoms with van der Waals surface area (Å²) >= 11 is 5.27. The molecule has 26 heavy (non-hydrogen) atoms. The van der Waals surface area contributed by atoms with Crippen molar-refractivity contribution < 1.29 is 9.53 Å². The zero-order chi connectivity index (χ0) is 18.5. The number of H-pyrrole nitrogens is 1. The number of nitrogens with zero attached hydrogens (tertiary/aromatic N) is 3. The third-order valence-electron chi connectivity index (χ3n) is 3.67. The van der Waals surface area contributed by atoms with Crippen LogP contribution in [0, 0.1) is 11.7 Å². The number of hydrogen-bond donors (Lipinski definition) is 2. The Labute approximate surface area is 156 Å². The molecule has 2 heterocycles. The van der Waals surface area contributed by atoms with E-state index in [0.29, 0.717) is 23.0 Å². The molecular weight excluding hydrogens is 350 g/mol. The molecule has 0 saturated heterocycles. The predicted molar refractivity (Wildman–Crippen MR) is 102 cm³/mol. The zero-order valence-corrected chi connectivity index (χ0v) is 15.3. The highest BCUT2D eigenvalue weighted by atomic mass is 32.1. The Morgan fingerprint density at radius 1 is 1.31 bits per heavy atom. The predicted octanol–water partition coefficient (Wildman–Crippen LogP) is 3.35. The van der Waals surface area contributed by atoms with Gasteiger partial charge in [-0.2, -0.15) is 5.10 Å². The number of aromatic amines is 1. The van der Waals surface area contributed by atoms with Crippen LogP contribution in [0.3, 0.4) is 0 Å². The Balaban J connectivity index is 1.79. The van der Waals surface area contributed by atoms with Crippen molar-refractivity contribution in [3.05, 3.63) is 52.9 Å². The summed E-state index contributed by atoms with van der Waals surface area (Å²) in [5, 5.41) is 9.76. The van der Waals surface area contributed by atoms with Crippen molar-refractivity contribution in [2.75, 3.05) is 11.9 Å². The third kappa shape index (κ3) is 4.15. The van der Waals surface area contributed by atoms with Gasteiger partial charge in [-0.25, -0.2) is 4.98 Å². The molecule has 3 aromatic rings. The van der Waals surface area contributed by atoms with Gasteiger partial charge in [-0.1, -0.05) is 0 Å². The summed E-state index contributed by atoms with van der Waals surface area (Å²) in [4.78, 5) is 16.5. The lowest BCUT2D eigenvalue weighted by Gasteiger charge is -2.09. The summed E-state index contributed by atoms with van der Waals surface area (Å²) in [7, 11) is 0. The highest BCUT2D eigenvalue weighted by Gasteiger charge is 2.13. The molecule has 0 fully saturated rings. The van der Waals surface area contributed by atoms with Gasteiger partial charge < -0.3 is 10.1 Å². The number of aromatic nitrogens is 4. The van der Waals surface area contributed by atoms with Gasteiger partial charge in [-0.05, 0) is 68.0 Å². The van der Waals surface area contributed by atoms with E-state index in [4.69, 9.17) is 17.0 Å². The van der Waals surface area contributed by atoms with Crippen LogP contribution in [0.2, 0.25) is 0 Å². The first-order valence-corrected chi connectivity index (χ1v) is 8.58. The van der Waals surface area contributed by atoms with Crippen molar-refractivity contribution in [2.45, 2.75) is 20.4 Å². The molecule has 0 aliphatic heterocycles. The fraction of sp³-hybridized carbons (Fsp3) is 0.222. The van der Waals surface area contributed by atoms with Crippen LogP contribution in [-0.4, -0.2) is 32.3 Å². The van der Waals surface area contributed by atoms with Crippen LogP contribution in [-0.2, 0) is 11.3 Å². The number of carbonyl (C=O) groups excluding carboxylic acids is 1. The molecule has 0 saturated carbocycles. The Morgan fingerprint density at radius 2 is 2.08 bits per heavy atom. The summed E-state index contributed by atoms with van der Waals surface area (Å²) < 4.78 is 7.47. The number of ether oxygens (including phenoxy) is 1. The molecule has 2 aromatic heterocycles. The second kappa shape index (κ2) is 7.92. The van der Waals surface area contributed by atoms with Crippen LogP contribution in [0.1, 0.15) is 12.5 Å². The van der Waals surface area contributed by atoms with Crippen LogP contribution in [0.25, 0.3) is 11.4 Å². The molecular formula is C18H19N5O2S. The van der Waals surface area contributed by atoms with Crippen LogP contribution < -0.4 is 10.1 Å². The zero-order valence-electron chi connectivity index (χ0n) is 14.5. The minimum atomic E-state index is -0.229. The summed E-state index contributed by atoms with van der Waals surface area (Å²) in [5.74, 6) is 1.64. The van der Waals surface area contributed by atoms with Crippen molar-refractivity contribution in [3.63, 3.8) is 0 Å². The van der Waals surface area contributed by atoms with Gasteiger partial charge in [-0.3, -0.25) is 14.5 Å². The number of pyridine rings is 1. The number of nitrogens with one attached hydrogen (secondary N) is 2. The lowest BCUT2D eigenvalue weighted by atomic mass is 10.2. The van der Waals surface area contributed by atoms with Crippen LogP contribution in [0.4, 0.5) is 5.82 Å². The number of anilines is 1. The van der Waals surface area contributed by atoms with Crippen molar-refractivity contribution in [1.29, 1.82) is 0 Å². The topological polar surface area (TPSA) is 84.8 Å². The van der Waals surface area contributed by atoms with E-state index in [2.05, 4.69) is 20.5 Å². The number of hydrogen-bond acceptors (Lipinski definition) is 5. The number of rotatable bonds is 6. The smallest absolute Gasteiger partial charge is 0.245 e. The van der Waals surface area contributed by atoms with Crippen molar-refractivity contribution >= 4 is 23.9 Å². The van der Waals surface area contributed by atoms with Gasteiger partial charge in [0.25, 0.3) is 0 Å². The Morgan fingerprint density at radius 3 is 2.77 bits per heavy atom. The standard InChI is InChI=1S/C18H19N5O2S/c1-3-25-14-6-4-13(5-7-14)17-21-22-18(26)23(17)11-16(24)20-15-10-12(2)8-9-19-15/h4-10H,3,11H2,1-2H3,(H,22,26)(H,19,20,24). The first-order valence-electron chi connectivity index (χ1n) is 8.17. The van der Waals surface area contributed by atoms with E-state index in [1.54, 1.807) is 16.8 Å². The van der Waals surface area contributed by atoms with E-state index in [1.807, 2.05) is 44.2 Å². The van der Waals surface area contributed by atoms with Crippen molar-refractivity contribution in [2.24, 2.45) is 0 Å². The van der Waals surface area contributed by atoms with E-state index in [0.717, 1.165) is 16.9 Å². The van der Waals surface area contributed by atoms with Gasteiger partial charge >= 0.3 is 0 Å². The Hall–Kier alpha value is -3.00. The third-order valence-corrected chi connectivity index (χ3v) is 3.98. The van der Waals surface area contributed by atoms with Gasteiger partial charge in [0.1, 0.15) is 18.1 Å². The molecule has 0 aliphatic carbocycles. The summed E-state index contributed by atoms with van der Waals surface area (Å²) in [5.41, 5.74) is 1.85. The summed E-state index contributed by atoms with van der Waals surface area (Å²) in [6, 6.07) is 11.2. The quantitative estimate of drug-likeness (QED) is 0.651. The average Bonchev–Trinajstić information content (AvgIpc) is 2.96. The van der Waals surface area contributed by atoms with Crippen LogP contribution in [0.5, 0.6) is 5.75 Å². The van der Waals surface area contributed by atoms with Crippen LogP contribution >= 0.6 is 12.2 Å². The monoisotopic (exact) mass is 369 g/mol. The second-order valence-corrected chi connectivity index (χ2v) is 6.05. The number of carbonyl (C=O) groups is 1. The molecule has 1 amide bonds. The number of amides is 1. The minimum absolute atomic E-state index is 0.0352. The van der Waals surface area contributed by atoms with Gasteiger partial charge in [0.05, 0.1) is 6.61 Å². The maximum absolute atomic E-state index is 12.4. The van der Waals surface area contributed by atoms with E-state index >= 15 is 0 Å². The van der Waals surface area contributed by atoms with Gasteiger partial charge in [0, 0.05) is 11.8 Å². The number of aryl methyl sites for hydroxylation is 1. The van der Waals surface area contributed by atoms with E-state index in [1.165, 1.54) is 0 Å². The molecule has 0 radical (unpaired) electrons. The average molecular weight is 369 g/mol. The lowest BCUT2D eigenvalue weighted by Crippen LogP contribution is -2.20. The maximum Gasteiger partial charge on any atom is 0.245 e. The molecule has 134 valence electrons. The highest BCUT2D eigenvalue weighted by Crippen LogP contribution is 2.21. The molecule has 0 bridgehead atoms. The maximum atomic E-state index is 12.4. The number of benzene rings is 1. The lowest BCUT2D eigenvalue weighted by molar-refractivity contribution is -0.116. The summed E-state index contributed by atoms with van der Waals surface area (Å²) in [6.45, 7) is 4.51. The van der Waals surface area contributed by atoms with E-state index < -0.39 is 0 Å². The van der Waals surface area contributed by atoms with Gasteiger partial charge in [0.2, 0.25) is 5.91 Å². The van der Waals surface area contributed by atoms with Crippen molar-refractivity contribution in [3.8, 4) is 17.1 Å². The molecule has 3 rings (SSSR count). The summed E-state index contributed by atoms with van der Waals surface area (Å²) in [6.07, 6.45) is 1.65. The molecule has 0 spiro atoms. The van der Waals surface area contributed by atoms with Gasteiger partial charge in [-0.15, -0.1) is 0 Å². The molecule has 7 nitrogen and oxygen atoms in total. The van der Waals surface area contributed by atoms with Crippen molar-refractivity contribution in [1.82, 2.24) is 19.7 Å². The second-order valence-electron chi connectivity index (χ2n) is 5.66. The molecule has 0 unspecified atom stereocenters. The first kappa shape index (κ1) is 17.8. The fourth-order valence-corrected chi connectivity index (χ4v) is 2.68. The molecule has 0 atom stereocenters. The Kier molecular flexibility index (Phi) is 5.43. The fourth-order valence-electron chi connectivity index (χ4n) is 2.48. The molecule has 1 aromatic carbocycles. The normalized spacial score (nSPS) is 10.5. The highest BCUT2D eigenvalue weighted by molar-refractivity contribution is 7.71. The van der Waals surface area contributed by atoms with E-state index in [-0.39, 0.29) is 12.5 Å². The Bertz CT molecular complexity index is 962.